The highest BCUT2D eigenvalue weighted by Crippen LogP contribution is 2.63. The minimum atomic E-state index is -0.218. The van der Waals surface area contributed by atoms with E-state index in [4.69, 9.17) is 4.99 Å². The molecule has 0 aromatic heterocycles. The molecule has 62 heavy (non-hydrogen) atoms. The lowest BCUT2D eigenvalue weighted by atomic mass is 9.61. The molecule has 8 aromatic carbocycles. The van der Waals surface area contributed by atoms with Gasteiger partial charge in [0.1, 0.15) is 0 Å². The molecule has 0 bridgehead atoms. The van der Waals surface area contributed by atoms with Crippen LogP contribution in [0.25, 0.3) is 55.6 Å². The molecule has 2 fully saturated rings. The number of hydrogen-bond acceptors (Lipinski definition) is 1. The summed E-state index contributed by atoms with van der Waals surface area (Å²) in [5, 5.41) is 0. The molecule has 14 rings (SSSR count). The fourth-order valence-electron chi connectivity index (χ4n) is 12.8. The molecule has 0 saturated heterocycles. The van der Waals surface area contributed by atoms with Gasteiger partial charge in [0.15, 0.2) is 0 Å². The minimum absolute atomic E-state index is 0.0871. The minimum Gasteiger partial charge on any atom is -0.252 e. The average Bonchev–Trinajstić information content (AvgIpc) is 4.09. The molecule has 6 aliphatic rings. The second-order valence-electron chi connectivity index (χ2n) is 19.6. The van der Waals surface area contributed by atoms with Crippen LogP contribution < -0.4 is 0 Å². The van der Waals surface area contributed by atoms with E-state index in [0.717, 1.165) is 17.8 Å². The van der Waals surface area contributed by atoms with Crippen molar-refractivity contribution in [3.8, 4) is 55.6 Å². The predicted molar refractivity (Wildman–Crippen MR) is 256 cm³/mol. The van der Waals surface area contributed by atoms with Crippen molar-refractivity contribution in [2.75, 3.05) is 0 Å². The van der Waals surface area contributed by atoms with Crippen LogP contribution >= 0.6 is 0 Å². The molecule has 0 amide bonds. The van der Waals surface area contributed by atoms with E-state index < -0.39 is 0 Å². The van der Waals surface area contributed by atoms with Crippen molar-refractivity contribution in [2.24, 2.45) is 4.99 Å². The average molecular weight is 794 g/mol. The molecule has 0 N–H and O–H groups in total. The summed E-state index contributed by atoms with van der Waals surface area (Å²) in [6.45, 7) is 4.93. The largest absolute Gasteiger partial charge is 0.252 e. The standard InChI is InChI=1S/C61H47N/c1-61(2)56-32-38(36-20-23-47-46-27-26-45(46)41-15-7-8-16-42(41)50(47)28-36)22-25-49(56)59-54(55-30-39-14-6-11-19-58(39)62-60(55)35-12-4-3-5-13-35)31-40(33-57(59)61)37-21-24-48-51(29-37)43-17-9-10-18-44(43)52-34-53(48)52/h3-25,28-29,31-33,45-46,52-53,55H,26-27,30,34H2,1-2H3/t45-,46?,52?,53?,55?/m0/s1. The summed E-state index contributed by atoms with van der Waals surface area (Å²) in [7, 11) is 0. The Morgan fingerprint density at radius 3 is 1.71 bits per heavy atom. The van der Waals surface area contributed by atoms with Crippen molar-refractivity contribution in [2.45, 2.75) is 74.5 Å². The second-order valence-corrected chi connectivity index (χ2v) is 19.6. The molecule has 8 aromatic rings. The van der Waals surface area contributed by atoms with Crippen molar-refractivity contribution in [3.05, 3.63) is 220 Å². The Kier molecular flexibility index (Phi) is 7.21. The molecule has 1 nitrogen and oxygen atoms in total. The second kappa shape index (κ2) is 12.7. The maximum absolute atomic E-state index is 5.53. The van der Waals surface area contributed by atoms with Gasteiger partial charge >= 0.3 is 0 Å². The Balaban J connectivity index is 0.960. The highest BCUT2D eigenvalue weighted by molar-refractivity contribution is 6.09. The number of hydrogen-bond donors (Lipinski definition) is 0. The molecule has 1 heterocycles. The molecule has 0 spiro atoms. The predicted octanol–water partition coefficient (Wildman–Crippen LogP) is 15.7. The Morgan fingerprint density at radius 1 is 0.419 bits per heavy atom. The maximum atomic E-state index is 5.53. The molecule has 1 heteroatoms. The van der Waals surface area contributed by atoms with E-state index in [-0.39, 0.29) is 11.3 Å². The monoisotopic (exact) mass is 793 g/mol. The zero-order valence-corrected chi connectivity index (χ0v) is 35.3. The van der Waals surface area contributed by atoms with Crippen LogP contribution in [-0.2, 0) is 11.8 Å². The lowest BCUT2D eigenvalue weighted by Gasteiger charge is -2.43. The number of nitrogens with zero attached hydrogens (tertiary/aromatic N) is 1. The van der Waals surface area contributed by atoms with E-state index in [2.05, 4.69) is 184 Å². The fourth-order valence-corrected chi connectivity index (χ4v) is 12.8. The zero-order chi connectivity index (χ0) is 40.8. The quantitative estimate of drug-likeness (QED) is 0.168. The number of para-hydroxylation sites is 1. The molecule has 5 atom stereocenters. The van der Waals surface area contributed by atoms with E-state index in [0.29, 0.717) is 23.7 Å². The summed E-state index contributed by atoms with van der Waals surface area (Å²) >= 11 is 0. The number of fused-ring (bicyclic) bond motifs is 16. The number of aliphatic imine (C=N–C) groups is 1. The van der Waals surface area contributed by atoms with Crippen LogP contribution in [-0.4, -0.2) is 5.71 Å². The number of rotatable bonds is 4. The normalized spacial score (nSPS) is 22.2. The Morgan fingerprint density at radius 2 is 0.984 bits per heavy atom. The highest BCUT2D eigenvalue weighted by Gasteiger charge is 2.46. The van der Waals surface area contributed by atoms with Crippen LogP contribution in [0.2, 0.25) is 0 Å². The Labute approximate surface area is 364 Å². The van der Waals surface area contributed by atoms with Crippen LogP contribution in [0.1, 0.15) is 113 Å². The summed E-state index contributed by atoms with van der Waals surface area (Å²) in [5.41, 5.74) is 28.6. The van der Waals surface area contributed by atoms with Gasteiger partial charge in [-0.05, 0) is 191 Å². The summed E-state index contributed by atoms with van der Waals surface area (Å²) in [6, 6.07) is 65.4. The molecule has 0 radical (unpaired) electrons. The highest BCUT2D eigenvalue weighted by atomic mass is 14.8. The van der Waals surface area contributed by atoms with Crippen LogP contribution in [0.3, 0.4) is 0 Å². The summed E-state index contributed by atoms with van der Waals surface area (Å²) in [4.78, 5) is 5.53. The lowest BCUT2D eigenvalue weighted by Crippen LogP contribution is -2.26. The van der Waals surface area contributed by atoms with E-state index in [9.17, 15) is 0 Å². The third kappa shape index (κ3) is 4.94. The van der Waals surface area contributed by atoms with Crippen LogP contribution in [0.15, 0.2) is 175 Å². The van der Waals surface area contributed by atoms with E-state index in [1.807, 2.05) is 0 Å². The van der Waals surface area contributed by atoms with E-state index in [1.165, 1.54) is 114 Å². The fraction of sp³-hybridized carbons (Fsp3) is 0.197. The topological polar surface area (TPSA) is 12.4 Å². The lowest BCUT2D eigenvalue weighted by molar-refractivity contribution is 0.343. The van der Waals surface area contributed by atoms with Gasteiger partial charge in [-0.3, -0.25) is 4.99 Å². The van der Waals surface area contributed by atoms with Crippen molar-refractivity contribution in [3.63, 3.8) is 0 Å². The van der Waals surface area contributed by atoms with Gasteiger partial charge in [-0.25, -0.2) is 0 Å². The first-order valence-electron chi connectivity index (χ1n) is 23.0. The third-order valence-corrected chi connectivity index (χ3v) is 16.2. The molecular formula is C61H47N. The first-order valence-corrected chi connectivity index (χ1v) is 23.0. The molecule has 5 aliphatic carbocycles. The van der Waals surface area contributed by atoms with Crippen molar-refractivity contribution in [1.29, 1.82) is 0 Å². The molecular weight excluding hydrogens is 747 g/mol. The number of benzene rings is 8. The molecule has 1 aliphatic heterocycles. The summed E-state index contributed by atoms with van der Waals surface area (Å²) < 4.78 is 0. The Hall–Kier alpha value is -6.57. The van der Waals surface area contributed by atoms with Crippen LogP contribution in [0.5, 0.6) is 0 Å². The summed E-state index contributed by atoms with van der Waals surface area (Å²) in [6.07, 6.45) is 4.78. The van der Waals surface area contributed by atoms with Gasteiger partial charge in [0, 0.05) is 11.3 Å². The first-order chi connectivity index (χ1) is 30.5. The van der Waals surface area contributed by atoms with Gasteiger partial charge in [-0.1, -0.05) is 147 Å². The van der Waals surface area contributed by atoms with Gasteiger partial charge in [-0.15, -0.1) is 0 Å². The van der Waals surface area contributed by atoms with Crippen LogP contribution in [0.4, 0.5) is 5.69 Å². The Bertz CT molecular complexity index is 3250. The molecule has 296 valence electrons. The van der Waals surface area contributed by atoms with Gasteiger partial charge in [0.2, 0.25) is 0 Å². The molecule has 4 unspecified atom stereocenters. The molecule has 2 saturated carbocycles. The summed E-state index contributed by atoms with van der Waals surface area (Å²) in [5.74, 6) is 2.75. The first kappa shape index (κ1) is 35.1. The van der Waals surface area contributed by atoms with Crippen molar-refractivity contribution < 1.29 is 0 Å². The SMILES string of the molecule is CC1(C)c2cc(-c3ccc4c(c3)-c3ccccc3[C@@H]3CCC43)ccc2-c2c(C3Cc4ccccc4N=C3c3ccccc3)cc(-c3ccc4c(c3)-c3ccccc3C3CC43)cc21. The van der Waals surface area contributed by atoms with Gasteiger partial charge < -0.3 is 0 Å². The maximum Gasteiger partial charge on any atom is 0.0665 e. The third-order valence-electron chi connectivity index (χ3n) is 16.2. The smallest absolute Gasteiger partial charge is 0.0665 e. The van der Waals surface area contributed by atoms with Crippen LogP contribution in [0, 0.1) is 0 Å². The van der Waals surface area contributed by atoms with E-state index in [1.54, 1.807) is 11.1 Å². The van der Waals surface area contributed by atoms with Gasteiger partial charge in [0.25, 0.3) is 0 Å². The van der Waals surface area contributed by atoms with Gasteiger partial charge in [-0.2, -0.15) is 0 Å². The van der Waals surface area contributed by atoms with Gasteiger partial charge in [0.05, 0.1) is 11.4 Å². The zero-order valence-electron chi connectivity index (χ0n) is 35.3. The van der Waals surface area contributed by atoms with E-state index >= 15 is 0 Å². The van der Waals surface area contributed by atoms with Crippen molar-refractivity contribution >= 4 is 11.4 Å². The van der Waals surface area contributed by atoms with Crippen molar-refractivity contribution in [1.82, 2.24) is 0 Å².